The van der Waals surface area contributed by atoms with Gasteiger partial charge in [-0.2, -0.15) is 0 Å². The van der Waals surface area contributed by atoms with E-state index < -0.39 is 12.2 Å². The highest BCUT2D eigenvalue weighted by Crippen LogP contribution is 2.14. The molecular formula is C11H19NO2. The van der Waals surface area contributed by atoms with Crippen LogP contribution in [0.1, 0.15) is 26.7 Å². The molecule has 0 saturated heterocycles. The summed E-state index contributed by atoms with van der Waals surface area (Å²) in [5.74, 6) is 0.00713. The molecule has 0 aliphatic carbocycles. The number of esters is 1. The first-order valence-corrected chi connectivity index (χ1v) is 4.78. The van der Waals surface area contributed by atoms with E-state index in [1.54, 1.807) is 0 Å². The zero-order valence-corrected chi connectivity index (χ0v) is 8.95. The van der Waals surface area contributed by atoms with Crippen molar-refractivity contribution < 1.29 is 9.53 Å². The highest BCUT2D eigenvalue weighted by molar-refractivity contribution is 5.87. The molecule has 0 aromatic heterocycles. The standard InChI is InChI=1S/C11H19NO2/c1-5-8(3)7-9(4)11(13)14-10(12)6-2/h6,8,10H,2,4-5,7,12H2,1,3H3. The zero-order valence-electron chi connectivity index (χ0n) is 8.95. The van der Waals surface area contributed by atoms with Crippen LogP contribution in [0.5, 0.6) is 0 Å². The summed E-state index contributed by atoms with van der Waals surface area (Å²) in [5.41, 5.74) is 5.84. The second-order valence-electron chi connectivity index (χ2n) is 3.43. The minimum absolute atomic E-state index is 0.433. The molecule has 0 bridgehead atoms. The Labute approximate surface area is 85.6 Å². The van der Waals surface area contributed by atoms with Crippen LogP contribution in [0, 0.1) is 5.92 Å². The van der Waals surface area contributed by atoms with Crippen LogP contribution in [0.3, 0.4) is 0 Å². The summed E-state index contributed by atoms with van der Waals surface area (Å²) in [6.07, 6.45) is 2.30. The molecule has 2 N–H and O–H groups in total. The zero-order chi connectivity index (χ0) is 11.1. The maximum Gasteiger partial charge on any atom is 0.335 e. The molecule has 2 unspecified atom stereocenters. The average Bonchev–Trinajstić information content (AvgIpc) is 2.17. The van der Waals surface area contributed by atoms with Crippen LogP contribution in [-0.4, -0.2) is 12.2 Å². The van der Waals surface area contributed by atoms with E-state index in [-0.39, 0.29) is 0 Å². The Morgan fingerprint density at radius 2 is 2.21 bits per heavy atom. The third kappa shape index (κ3) is 4.82. The predicted molar refractivity (Wildman–Crippen MR) is 57.5 cm³/mol. The summed E-state index contributed by atoms with van der Waals surface area (Å²) in [6, 6.07) is 0. The van der Waals surface area contributed by atoms with Gasteiger partial charge < -0.3 is 4.74 Å². The predicted octanol–water partition coefficient (Wildman–Crippen LogP) is 1.99. The second kappa shape index (κ2) is 6.38. The number of carbonyl (C=O) groups is 1. The molecule has 0 heterocycles. The van der Waals surface area contributed by atoms with Gasteiger partial charge in [0.05, 0.1) is 0 Å². The molecule has 0 amide bonds. The Hall–Kier alpha value is -1.09. The smallest absolute Gasteiger partial charge is 0.335 e. The van der Waals surface area contributed by atoms with Crippen molar-refractivity contribution in [1.29, 1.82) is 0 Å². The van der Waals surface area contributed by atoms with E-state index in [1.165, 1.54) is 6.08 Å². The molecule has 0 radical (unpaired) electrons. The first-order chi connectivity index (χ1) is 6.51. The van der Waals surface area contributed by atoms with Gasteiger partial charge in [0.1, 0.15) is 0 Å². The molecule has 2 atom stereocenters. The summed E-state index contributed by atoms with van der Waals surface area (Å²) in [6.45, 7) is 11.2. The van der Waals surface area contributed by atoms with Crippen molar-refractivity contribution in [2.45, 2.75) is 32.9 Å². The van der Waals surface area contributed by atoms with E-state index in [0.29, 0.717) is 17.9 Å². The Morgan fingerprint density at radius 3 is 2.64 bits per heavy atom. The van der Waals surface area contributed by atoms with E-state index in [1.807, 2.05) is 0 Å². The number of rotatable bonds is 6. The topological polar surface area (TPSA) is 52.3 Å². The van der Waals surface area contributed by atoms with Crippen molar-refractivity contribution >= 4 is 5.97 Å². The van der Waals surface area contributed by atoms with Crippen LogP contribution in [0.15, 0.2) is 24.8 Å². The highest BCUT2D eigenvalue weighted by atomic mass is 16.6. The lowest BCUT2D eigenvalue weighted by Gasteiger charge is -2.12. The Bertz CT molecular complexity index is 223. The molecule has 0 saturated carbocycles. The molecule has 3 nitrogen and oxygen atoms in total. The van der Waals surface area contributed by atoms with Crippen molar-refractivity contribution in [3.05, 3.63) is 24.8 Å². The van der Waals surface area contributed by atoms with E-state index in [0.717, 1.165) is 6.42 Å². The molecule has 3 heteroatoms. The van der Waals surface area contributed by atoms with Crippen molar-refractivity contribution in [3.63, 3.8) is 0 Å². The fraction of sp³-hybridized carbons (Fsp3) is 0.545. The molecular weight excluding hydrogens is 178 g/mol. The van der Waals surface area contributed by atoms with E-state index in [2.05, 4.69) is 27.0 Å². The molecule has 0 spiro atoms. The summed E-state index contributed by atoms with van der Waals surface area (Å²) in [7, 11) is 0. The molecule has 0 aromatic rings. The molecule has 0 aliphatic heterocycles. The van der Waals surface area contributed by atoms with E-state index in [4.69, 9.17) is 10.5 Å². The van der Waals surface area contributed by atoms with Crippen LogP contribution >= 0.6 is 0 Å². The SMILES string of the molecule is C=CC(N)OC(=O)C(=C)CC(C)CC. The summed E-state index contributed by atoms with van der Waals surface area (Å²) < 4.78 is 4.83. The van der Waals surface area contributed by atoms with Gasteiger partial charge >= 0.3 is 5.97 Å². The molecule has 0 fully saturated rings. The van der Waals surface area contributed by atoms with Gasteiger partial charge in [0.15, 0.2) is 6.23 Å². The Kier molecular flexibility index (Phi) is 5.88. The lowest BCUT2D eigenvalue weighted by Crippen LogP contribution is -2.25. The largest absolute Gasteiger partial charge is 0.440 e. The summed E-state index contributed by atoms with van der Waals surface area (Å²) >= 11 is 0. The first kappa shape index (κ1) is 12.9. The van der Waals surface area contributed by atoms with E-state index in [9.17, 15) is 4.79 Å². The minimum Gasteiger partial charge on any atom is -0.440 e. The normalized spacial score (nSPS) is 14.2. The number of hydrogen-bond acceptors (Lipinski definition) is 3. The van der Waals surface area contributed by atoms with Crippen molar-refractivity contribution in [2.24, 2.45) is 11.7 Å². The first-order valence-electron chi connectivity index (χ1n) is 4.78. The molecule has 14 heavy (non-hydrogen) atoms. The van der Waals surface area contributed by atoms with Gasteiger partial charge in [-0.15, -0.1) is 0 Å². The van der Waals surface area contributed by atoms with Gasteiger partial charge in [-0.3, -0.25) is 5.73 Å². The van der Waals surface area contributed by atoms with Gasteiger partial charge in [-0.25, -0.2) is 4.79 Å². The third-order valence-electron chi connectivity index (χ3n) is 2.06. The van der Waals surface area contributed by atoms with Crippen molar-refractivity contribution in [1.82, 2.24) is 0 Å². The molecule has 0 aliphatic rings. The van der Waals surface area contributed by atoms with Crippen molar-refractivity contribution in [3.8, 4) is 0 Å². The number of hydrogen-bond donors (Lipinski definition) is 1. The van der Waals surface area contributed by atoms with Gasteiger partial charge in [0.25, 0.3) is 0 Å². The highest BCUT2D eigenvalue weighted by Gasteiger charge is 2.13. The van der Waals surface area contributed by atoms with Crippen LogP contribution in [0.25, 0.3) is 0 Å². The Balaban J connectivity index is 4.00. The molecule has 0 aromatic carbocycles. The van der Waals surface area contributed by atoms with Gasteiger partial charge in [0, 0.05) is 5.57 Å². The second-order valence-corrected chi connectivity index (χ2v) is 3.43. The van der Waals surface area contributed by atoms with Crippen LogP contribution in [0.2, 0.25) is 0 Å². The van der Waals surface area contributed by atoms with Crippen LogP contribution in [-0.2, 0) is 9.53 Å². The van der Waals surface area contributed by atoms with E-state index >= 15 is 0 Å². The summed E-state index contributed by atoms with van der Waals surface area (Å²) in [5, 5.41) is 0. The Morgan fingerprint density at radius 1 is 1.64 bits per heavy atom. The monoisotopic (exact) mass is 197 g/mol. The molecule has 0 rings (SSSR count). The lowest BCUT2D eigenvalue weighted by atomic mass is 10.0. The fourth-order valence-corrected chi connectivity index (χ4v) is 0.903. The van der Waals surface area contributed by atoms with Crippen LogP contribution in [0.4, 0.5) is 0 Å². The maximum absolute atomic E-state index is 11.3. The number of ether oxygens (including phenoxy) is 1. The minimum atomic E-state index is -0.740. The lowest BCUT2D eigenvalue weighted by molar-refractivity contribution is -0.142. The van der Waals surface area contributed by atoms with Gasteiger partial charge in [-0.1, -0.05) is 33.4 Å². The number of nitrogens with two attached hydrogens (primary N) is 1. The van der Waals surface area contributed by atoms with Crippen molar-refractivity contribution in [2.75, 3.05) is 0 Å². The third-order valence-corrected chi connectivity index (χ3v) is 2.06. The maximum atomic E-state index is 11.3. The number of carbonyl (C=O) groups excluding carboxylic acids is 1. The van der Waals surface area contributed by atoms with Gasteiger partial charge in [0.2, 0.25) is 0 Å². The summed E-state index contributed by atoms with van der Waals surface area (Å²) in [4.78, 5) is 11.3. The average molecular weight is 197 g/mol. The quantitative estimate of drug-likeness (QED) is 0.306. The fourth-order valence-electron chi connectivity index (χ4n) is 0.903. The van der Waals surface area contributed by atoms with Crippen LogP contribution < -0.4 is 5.73 Å². The van der Waals surface area contributed by atoms with Gasteiger partial charge in [-0.05, 0) is 18.4 Å². The molecule has 80 valence electrons.